The van der Waals surface area contributed by atoms with Gasteiger partial charge in [0.2, 0.25) is 0 Å². The van der Waals surface area contributed by atoms with E-state index in [1.807, 2.05) is 0 Å². The second kappa shape index (κ2) is 11.0. The number of hydrogen-bond donors (Lipinski definition) is 1. The van der Waals surface area contributed by atoms with Crippen LogP contribution in [0.3, 0.4) is 0 Å². The average Bonchev–Trinajstić information content (AvgIpc) is 3.15. The SMILES string of the molecule is CCNC(=NCCCCN(C)C(C)C)N1CCOC(C2CCCO2)C1. The number of unbranched alkanes of at least 4 members (excludes halogenated alkanes) is 1. The molecule has 146 valence electrons. The van der Waals surface area contributed by atoms with Crippen LogP contribution in [0.2, 0.25) is 0 Å². The molecule has 2 unspecified atom stereocenters. The Morgan fingerprint density at radius 2 is 2.04 bits per heavy atom. The van der Waals surface area contributed by atoms with E-state index in [9.17, 15) is 0 Å². The summed E-state index contributed by atoms with van der Waals surface area (Å²) < 4.78 is 11.8. The molecule has 1 N–H and O–H groups in total. The molecular formula is C19H38N4O2. The van der Waals surface area contributed by atoms with Crippen LogP contribution in [0, 0.1) is 0 Å². The fraction of sp³-hybridized carbons (Fsp3) is 0.947. The Morgan fingerprint density at radius 3 is 2.72 bits per heavy atom. The molecule has 6 nitrogen and oxygen atoms in total. The maximum atomic E-state index is 5.96. The van der Waals surface area contributed by atoms with Gasteiger partial charge >= 0.3 is 0 Å². The molecule has 0 aliphatic carbocycles. The van der Waals surface area contributed by atoms with Crippen molar-refractivity contribution in [1.82, 2.24) is 15.1 Å². The van der Waals surface area contributed by atoms with Crippen LogP contribution < -0.4 is 5.32 Å². The van der Waals surface area contributed by atoms with Gasteiger partial charge in [-0.1, -0.05) is 0 Å². The van der Waals surface area contributed by atoms with Gasteiger partial charge in [-0.2, -0.15) is 0 Å². The first-order valence-corrected chi connectivity index (χ1v) is 10.1. The van der Waals surface area contributed by atoms with Crippen molar-refractivity contribution in [3.05, 3.63) is 0 Å². The summed E-state index contributed by atoms with van der Waals surface area (Å²) >= 11 is 0. The zero-order chi connectivity index (χ0) is 18.1. The van der Waals surface area contributed by atoms with Crippen LogP contribution in [0.25, 0.3) is 0 Å². The van der Waals surface area contributed by atoms with Crippen LogP contribution in [-0.4, -0.2) is 87.0 Å². The van der Waals surface area contributed by atoms with Gasteiger partial charge in [0, 0.05) is 38.8 Å². The lowest BCUT2D eigenvalue weighted by Crippen LogP contribution is -2.53. The predicted octanol–water partition coefficient (Wildman–Crippen LogP) is 1.95. The van der Waals surface area contributed by atoms with Gasteiger partial charge in [-0.3, -0.25) is 4.99 Å². The van der Waals surface area contributed by atoms with Gasteiger partial charge in [0.1, 0.15) is 6.10 Å². The Morgan fingerprint density at radius 1 is 1.24 bits per heavy atom. The zero-order valence-electron chi connectivity index (χ0n) is 16.7. The maximum Gasteiger partial charge on any atom is 0.194 e. The van der Waals surface area contributed by atoms with E-state index in [2.05, 4.69) is 42.9 Å². The third-order valence-corrected chi connectivity index (χ3v) is 5.17. The van der Waals surface area contributed by atoms with E-state index < -0.39 is 0 Å². The van der Waals surface area contributed by atoms with Gasteiger partial charge < -0.3 is 24.6 Å². The first-order chi connectivity index (χ1) is 12.1. The Bertz CT molecular complexity index is 397. The van der Waals surface area contributed by atoms with Crippen LogP contribution >= 0.6 is 0 Å². The molecule has 6 heteroatoms. The van der Waals surface area contributed by atoms with E-state index in [4.69, 9.17) is 14.5 Å². The van der Waals surface area contributed by atoms with Gasteiger partial charge in [-0.25, -0.2) is 0 Å². The molecule has 2 heterocycles. The molecule has 0 spiro atoms. The van der Waals surface area contributed by atoms with Crippen LogP contribution in [0.4, 0.5) is 0 Å². The Balaban J connectivity index is 1.79. The van der Waals surface area contributed by atoms with Crippen molar-refractivity contribution in [2.75, 3.05) is 53.0 Å². The van der Waals surface area contributed by atoms with Crippen molar-refractivity contribution in [3.63, 3.8) is 0 Å². The summed E-state index contributed by atoms with van der Waals surface area (Å²) in [6.45, 7) is 13.0. The normalized spacial score (nSPS) is 25.2. The standard InChI is InChI=1S/C19H38N4O2/c1-5-20-19(21-10-6-7-11-22(4)16(2)3)23-12-14-25-18(15-23)17-9-8-13-24-17/h16-18H,5-15H2,1-4H3,(H,20,21). The number of guanidine groups is 1. The Hall–Kier alpha value is -0.850. The summed E-state index contributed by atoms with van der Waals surface area (Å²) in [6, 6.07) is 0.615. The summed E-state index contributed by atoms with van der Waals surface area (Å²) in [5.74, 6) is 1.03. The van der Waals surface area contributed by atoms with Crippen molar-refractivity contribution in [1.29, 1.82) is 0 Å². The number of rotatable bonds is 8. The highest BCUT2D eigenvalue weighted by molar-refractivity contribution is 5.80. The molecular weight excluding hydrogens is 316 g/mol. The third kappa shape index (κ3) is 6.76. The highest BCUT2D eigenvalue weighted by Crippen LogP contribution is 2.21. The Kier molecular flexibility index (Phi) is 8.99. The lowest BCUT2D eigenvalue weighted by Gasteiger charge is -2.37. The number of nitrogens with one attached hydrogen (secondary N) is 1. The van der Waals surface area contributed by atoms with Crippen LogP contribution in [-0.2, 0) is 9.47 Å². The fourth-order valence-electron chi connectivity index (χ4n) is 3.33. The molecule has 2 aliphatic heterocycles. The van der Waals surface area contributed by atoms with Crippen LogP contribution in [0.5, 0.6) is 0 Å². The third-order valence-electron chi connectivity index (χ3n) is 5.17. The number of nitrogens with zero attached hydrogens (tertiary/aromatic N) is 3. The highest BCUT2D eigenvalue weighted by Gasteiger charge is 2.32. The summed E-state index contributed by atoms with van der Waals surface area (Å²) in [6.07, 6.45) is 5.04. The topological polar surface area (TPSA) is 49.3 Å². The van der Waals surface area contributed by atoms with E-state index in [0.29, 0.717) is 6.04 Å². The molecule has 0 saturated carbocycles. The summed E-state index contributed by atoms with van der Waals surface area (Å²) in [4.78, 5) is 9.60. The minimum atomic E-state index is 0.180. The molecule has 2 atom stereocenters. The maximum absolute atomic E-state index is 5.96. The monoisotopic (exact) mass is 354 g/mol. The van der Waals surface area contributed by atoms with E-state index in [0.717, 1.165) is 71.2 Å². The first-order valence-electron chi connectivity index (χ1n) is 10.1. The minimum absolute atomic E-state index is 0.180. The van der Waals surface area contributed by atoms with Crippen molar-refractivity contribution in [2.24, 2.45) is 4.99 Å². The molecule has 0 aromatic carbocycles. The van der Waals surface area contributed by atoms with Crippen molar-refractivity contribution >= 4 is 5.96 Å². The lowest BCUT2D eigenvalue weighted by atomic mass is 10.1. The van der Waals surface area contributed by atoms with E-state index in [-0.39, 0.29) is 12.2 Å². The van der Waals surface area contributed by atoms with E-state index in [1.54, 1.807) is 0 Å². The molecule has 0 aromatic heterocycles. The van der Waals surface area contributed by atoms with Crippen LogP contribution in [0.1, 0.15) is 46.5 Å². The predicted molar refractivity (Wildman–Crippen MR) is 103 cm³/mol. The fourth-order valence-corrected chi connectivity index (χ4v) is 3.33. The van der Waals surface area contributed by atoms with Gasteiger partial charge in [0.05, 0.1) is 12.7 Å². The van der Waals surface area contributed by atoms with Gasteiger partial charge in [0.15, 0.2) is 5.96 Å². The molecule has 2 fully saturated rings. The minimum Gasteiger partial charge on any atom is -0.375 e. The van der Waals surface area contributed by atoms with Gasteiger partial charge in [-0.15, -0.1) is 0 Å². The first kappa shape index (κ1) is 20.5. The summed E-state index contributed by atoms with van der Waals surface area (Å²) in [5, 5.41) is 3.45. The molecule has 2 rings (SSSR count). The number of morpholine rings is 1. The number of ether oxygens (including phenoxy) is 2. The molecule has 2 aliphatic rings. The smallest absolute Gasteiger partial charge is 0.194 e. The highest BCUT2D eigenvalue weighted by atomic mass is 16.5. The second-order valence-corrected chi connectivity index (χ2v) is 7.42. The molecule has 0 amide bonds. The zero-order valence-corrected chi connectivity index (χ0v) is 16.7. The molecule has 25 heavy (non-hydrogen) atoms. The van der Waals surface area contributed by atoms with Crippen LogP contribution in [0.15, 0.2) is 4.99 Å². The number of aliphatic imine (C=N–C) groups is 1. The summed E-state index contributed by atoms with van der Waals surface area (Å²) in [5.41, 5.74) is 0. The van der Waals surface area contributed by atoms with E-state index >= 15 is 0 Å². The second-order valence-electron chi connectivity index (χ2n) is 7.42. The molecule has 0 radical (unpaired) electrons. The van der Waals surface area contributed by atoms with Crippen molar-refractivity contribution < 1.29 is 9.47 Å². The number of hydrogen-bond acceptors (Lipinski definition) is 4. The van der Waals surface area contributed by atoms with Gasteiger partial charge in [0.25, 0.3) is 0 Å². The van der Waals surface area contributed by atoms with Crippen molar-refractivity contribution in [2.45, 2.75) is 64.7 Å². The van der Waals surface area contributed by atoms with E-state index in [1.165, 1.54) is 6.42 Å². The quantitative estimate of drug-likeness (QED) is 0.410. The van der Waals surface area contributed by atoms with Crippen molar-refractivity contribution in [3.8, 4) is 0 Å². The Labute approximate surface area is 153 Å². The average molecular weight is 355 g/mol. The molecule has 0 aromatic rings. The van der Waals surface area contributed by atoms with Gasteiger partial charge in [-0.05, 0) is 60.0 Å². The molecule has 2 saturated heterocycles. The largest absolute Gasteiger partial charge is 0.375 e. The molecule has 0 bridgehead atoms. The summed E-state index contributed by atoms with van der Waals surface area (Å²) in [7, 11) is 2.19. The lowest BCUT2D eigenvalue weighted by molar-refractivity contribution is -0.0817.